The summed E-state index contributed by atoms with van der Waals surface area (Å²) in [4.78, 5) is 2.15. The van der Waals surface area contributed by atoms with E-state index in [4.69, 9.17) is 10.2 Å². The first-order valence-corrected chi connectivity index (χ1v) is 10.9. The largest absolute Gasteiger partial charge is 0.395 e. The Morgan fingerprint density at radius 1 is 0.577 bits per heavy atom. The number of nitrogens with zero attached hydrogens (tertiary/aromatic N) is 1. The SMILES string of the molecule is CCCCCCCC/C=C\CCCCCCCCN(CCO)CCO.F. The van der Waals surface area contributed by atoms with Crippen molar-refractivity contribution in [2.24, 2.45) is 0 Å². The van der Waals surface area contributed by atoms with Gasteiger partial charge in [0.25, 0.3) is 0 Å². The fraction of sp³-hybridized carbons (Fsp3) is 0.909. The van der Waals surface area contributed by atoms with Crippen molar-refractivity contribution in [1.82, 2.24) is 4.90 Å². The highest BCUT2D eigenvalue weighted by molar-refractivity contribution is 4.81. The van der Waals surface area contributed by atoms with E-state index in [1.807, 2.05) is 0 Å². The lowest BCUT2D eigenvalue weighted by Crippen LogP contribution is -2.30. The standard InChI is InChI=1S/C22H45NO2.FH/c1-2-3-4-5-6-7-8-9-10-11-12-13-14-15-16-17-18-23(19-21-24)20-22-25;/h9-10,24-25H,2-8,11-22H2,1H3;1H/b10-9-;. The maximum atomic E-state index is 8.97. The van der Waals surface area contributed by atoms with Gasteiger partial charge in [0.15, 0.2) is 0 Å². The monoisotopic (exact) mass is 375 g/mol. The molecule has 0 atom stereocenters. The molecule has 0 aliphatic carbocycles. The molecule has 2 N–H and O–H groups in total. The van der Waals surface area contributed by atoms with Gasteiger partial charge in [-0.2, -0.15) is 0 Å². The fourth-order valence-corrected chi connectivity index (χ4v) is 3.20. The van der Waals surface area contributed by atoms with Gasteiger partial charge in [-0.05, 0) is 38.6 Å². The molecule has 0 fully saturated rings. The van der Waals surface area contributed by atoms with Crippen molar-refractivity contribution in [3.63, 3.8) is 0 Å². The van der Waals surface area contributed by atoms with E-state index in [9.17, 15) is 0 Å². The molecular weight excluding hydrogens is 329 g/mol. The average Bonchev–Trinajstić information content (AvgIpc) is 2.61. The molecule has 0 aromatic heterocycles. The molecule has 0 bridgehead atoms. The Bertz CT molecular complexity index is 269. The second-order valence-corrected chi connectivity index (χ2v) is 7.23. The van der Waals surface area contributed by atoms with Crippen molar-refractivity contribution in [2.45, 2.75) is 96.8 Å². The van der Waals surface area contributed by atoms with E-state index < -0.39 is 0 Å². The number of aliphatic hydroxyl groups is 2. The molecule has 0 rings (SSSR count). The van der Waals surface area contributed by atoms with Gasteiger partial charge in [-0.1, -0.05) is 76.9 Å². The number of halogens is 1. The zero-order chi connectivity index (χ0) is 18.4. The third-order valence-electron chi connectivity index (χ3n) is 4.82. The lowest BCUT2D eigenvalue weighted by Gasteiger charge is -2.19. The Balaban J connectivity index is 0. The number of rotatable bonds is 20. The lowest BCUT2D eigenvalue weighted by molar-refractivity contribution is 0.159. The third-order valence-corrected chi connectivity index (χ3v) is 4.82. The van der Waals surface area contributed by atoms with Crippen molar-refractivity contribution in [2.75, 3.05) is 32.8 Å². The summed E-state index contributed by atoms with van der Waals surface area (Å²) in [5, 5.41) is 17.9. The summed E-state index contributed by atoms with van der Waals surface area (Å²) in [5.41, 5.74) is 0. The summed E-state index contributed by atoms with van der Waals surface area (Å²) in [6, 6.07) is 0. The maximum absolute atomic E-state index is 8.97. The summed E-state index contributed by atoms with van der Waals surface area (Å²) < 4.78 is 0. The van der Waals surface area contributed by atoms with Crippen LogP contribution in [0, 0.1) is 0 Å². The zero-order valence-corrected chi connectivity index (χ0v) is 17.3. The predicted octanol–water partition coefficient (Wildman–Crippen LogP) is 5.46. The van der Waals surface area contributed by atoms with Crippen molar-refractivity contribution in [1.29, 1.82) is 0 Å². The van der Waals surface area contributed by atoms with Crippen LogP contribution >= 0.6 is 0 Å². The van der Waals surface area contributed by atoms with Gasteiger partial charge in [0, 0.05) is 13.1 Å². The minimum absolute atomic E-state index is 0. The van der Waals surface area contributed by atoms with Gasteiger partial charge in [-0.3, -0.25) is 9.60 Å². The summed E-state index contributed by atoms with van der Waals surface area (Å²) >= 11 is 0. The first-order chi connectivity index (χ1) is 12.3. The number of unbranched alkanes of at least 4 members (excludes halogenated alkanes) is 12. The van der Waals surface area contributed by atoms with Crippen molar-refractivity contribution >= 4 is 0 Å². The Kier molecular flexibility index (Phi) is 26.2. The Morgan fingerprint density at radius 3 is 1.46 bits per heavy atom. The van der Waals surface area contributed by atoms with E-state index in [1.54, 1.807) is 0 Å². The molecule has 0 saturated carbocycles. The van der Waals surface area contributed by atoms with Gasteiger partial charge in [0.05, 0.1) is 13.2 Å². The summed E-state index contributed by atoms with van der Waals surface area (Å²) in [6.07, 6.45) is 23.4. The third kappa shape index (κ3) is 21.6. The molecule has 0 aliphatic rings. The quantitative estimate of drug-likeness (QED) is 0.219. The van der Waals surface area contributed by atoms with Crippen LogP contribution < -0.4 is 0 Å². The molecule has 0 unspecified atom stereocenters. The summed E-state index contributed by atoms with van der Waals surface area (Å²) in [7, 11) is 0. The molecule has 158 valence electrons. The molecule has 0 heterocycles. The number of allylic oxidation sites excluding steroid dienone is 2. The minimum atomic E-state index is 0. The Morgan fingerprint density at radius 2 is 1.00 bits per heavy atom. The normalized spacial score (nSPS) is 11.4. The van der Waals surface area contributed by atoms with Gasteiger partial charge >= 0.3 is 0 Å². The van der Waals surface area contributed by atoms with Gasteiger partial charge in [0.2, 0.25) is 0 Å². The highest BCUT2D eigenvalue weighted by Crippen LogP contribution is 2.10. The topological polar surface area (TPSA) is 43.7 Å². The van der Waals surface area contributed by atoms with E-state index in [1.165, 1.54) is 89.9 Å². The van der Waals surface area contributed by atoms with Gasteiger partial charge in [-0.15, -0.1) is 0 Å². The first kappa shape index (κ1) is 27.8. The van der Waals surface area contributed by atoms with Crippen molar-refractivity contribution < 1.29 is 14.9 Å². The highest BCUT2D eigenvalue weighted by Gasteiger charge is 2.02. The second kappa shape index (κ2) is 24.6. The van der Waals surface area contributed by atoms with Crippen LogP contribution in [0.2, 0.25) is 0 Å². The predicted molar refractivity (Wildman–Crippen MR) is 113 cm³/mol. The second-order valence-electron chi connectivity index (χ2n) is 7.23. The summed E-state index contributed by atoms with van der Waals surface area (Å²) in [5.74, 6) is 0. The van der Waals surface area contributed by atoms with Crippen molar-refractivity contribution in [3.8, 4) is 0 Å². The zero-order valence-electron chi connectivity index (χ0n) is 17.3. The Hall–Kier alpha value is -0.450. The van der Waals surface area contributed by atoms with Crippen LogP contribution in [0.25, 0.3) is 0 Å². The number of hydrogen-bond donors (Lipinski definition) is 2. The molecule has 0 aromatic carbocycles. The van der Waals surface area contributed by atoms with E-state index >= 15 is 0 Å². The van der Waals surface area contributed by atoms with Gasteiger partial charge in [-0.25, -0.2) is 0 Å². The summed E-state index contributed by atoms with van der Waals surface area (Å²) in [6.45, 7) is 5.02. The molecule has 0 aliphatic heterocycles. The fourth-order valence-electron chi connectivity index (χ4n) is 3.20. The van der Waals surface area contributed by atoms with E-state index in [-0.39, 0.29) is 17.9 Å². The molecule has 3 nitrogen and oxygen atoms in total. The molecule has 0 radical (unpaired) electrons. The van der Waals surface area contributed by atoms with Crippen LogP contribution in [0.5, 0.6) is 0 Å². The van der Waals surface area contributed by atoms with E-state index in [0.717, 1.165) is 6.54 Å². The maximum Gasteiger partial charge on any atom is 0.0558 e. The molecule has 0 aromatic rings. The van der Waals surface area contributed by atoms with Gasteiger partial charge in [0.1, 0.15) is 0 Å². The van der Waals surface area contributed by atoms with Crippen LogP contribution in [-0.4, -0.2) is 48.0 Å². The smallest absolute Gasteiger partial charge is 0.0558 e. The average molecular weight is 376 g/mol. The van der Waals surface area contributed by atoms with Gasteiger partial charge < -0.3 is 10.2 Å². The minimum Gasteiger partial charge on any atom is -0.395 e. The first-order valence-electron chi connectivity index (χ1n) is 10.9. The lowest BCUT2D eigenvalue weighted by atomic mass is 10.1. The van der Waals surface area contributed by atoms with Crippen LogP contribution in [0.4, 0.5) is 4.70 Å². The van der Waals surface area contributed by atoms with Crippen LogP contribution in [-0.2, 0) is 0 Å². The molecule has 0 spiro atoms. The van der Waals surface area contributed by atoms with E-state index in [2.05, 4.69) is 24.0 Å². The number of hydrogen-bond acceptors (Lipinski definition) is 3. The molecule has 0 amide bonds. The van der Waals surface area contributed by atoms with Crippen LogP contribution in [0.1, 0.15) is 96.8 Å². The molecular formula is C22H46FNO2. The molecule has 26 heavy (non-hydrogen) atoms. The van der Waals surface area contributed by atoms with Crippen molar-refractivity contribution in [3.05, 3.63) is 12.2 Å². The Labute approximate surface area is 162 Å². The van der Waals surface area contributed by atoms with Crippen LogP contribution in [0.3, 0.4) is 0 Å². The van der Waals surface area contributed by atoms with E-state index in [0.29, 0.717) is 13.1 Å². The number of aliphatic hydroxyl groups excluding tert-OH is 2. The molecule has 4 heteroatoms. The highest BCUT2D eigenvalue weighted by atomic mass is 19.0. The van der Waals surface area contributed by atoms with Crippen LogP contribution in [0.15, 0.2) is 12.2 Å². The molecule has 0 saturated heterocycles.